The number of anilines is 2. The molecular formula is C25H26N2O6S. The zero-order valence-electron chi connectivity index (χ0n) is 19.3. The van der Waals surface area contributed by atoms with E-state index in [1.165, 1.54) is 31.4 Å². The second-order valence-electron chi connectivity index (χ2n) is 7.71. The number of para-hydroxylation sites is 1. The lowest BCUT2D eigenvalue weighted by Gasteiger charge is -2.13. The minimum absolute atomic E-state index is 0.0760. The maximum Gasteiger partial charge on any atom is 0.339 e. The highest BCUT2D eigenvalue weighted by Gasteiger charge is 2.17. The predicted octanol–water partition coefficient (Wildman–Crippen LogP) is 4.22. The van der Waals surface area contributed by atoms with Crippen LogP contribution in [0, 0.1) is 20.8 Å². The summed E-state index contributed by atoms with van der Waals surface area (Å²) in [5.74, 6) is -0.690. The third kappa shape index (κ3) is 5.93. The Morgan fingerprint density at radius 2 is 1.62 bits per heavy atom. The first-order valence-corrected chi connectivity index (χ1v) is 11.9. The van der Waals surface area contributed by atoms with E-state index in [1.807, 2.05) is 19.9 Å². The maximum atomic E-state index is 12.8. The van der Waals surface area contributed by atoms with Gasteiger partial charge in [-0.3, -0.25) is 9.52 Å². The number of carbonyl (C=O) groups excluding carboxylic acids is 2. The molecule has 0 atom stereocenters. The summed E-state index contributed by atoms with van der Waals surface area (Å²) in [6.45, 7) is 5.22. The molecular weight excluding hydrogens is 456 g/mol. The molecule has 0 unspecified atom stereocenters. The zero-order chi connectivity index (χ0) is 24.9. The van der Waals surface area contributed by atoms with Crippen LogP contribution in [-0.2, 0) is 19.6 Å². The number of ether oxygens (including phenoxy) is 2. The number of methoxy groups -OCH3 is 1. The van der Waals surface area contributed by atoms with Crippen molar-refractivity contribution in [3.63, 3.8) is 0 Å². The SMILES string of the molecule is COC(=O)c1ccccc1NC(=O)COc1ccc(S(=O)(=O)Nc2ccc(C)c(C)c2)cc1C. The molecule has 34 heavy (non-hydrogen) atoms. The van der Waals surface area contributed by atoms with Gasteiger partial charge in [0.2, 0.25) is 0 Å². The Morgan fingerprint density at radius 3 is 2.29 bits per heavy atom. The van der Waals surface area contributed by atoms with Crippen LogP contribution in [0.1, 0.15) is 27.0 Å². The van der Waals surface area contributed by atoms with Crippen molar-refractivity contribution in [2.75, 3.05) is 23.8 Å². The van der Waals surface area contributed by atoms with Gasteiger partial charge in [0.1, 0.15) is 5.75 Å². The zero-order valence-corrected chi connectivity index (χ0v) is 20.2. The molecule has 0 aromatic heterocycles. The van der Waals surface area contributed by atoms with Crippen LogP contribution in [0.3, 0.4) is 0 Å². The molecule has 178 valence electrons. The number of benzene rings is 3. The number of hydrogen-bond donors (Lipinski definition) is 2. The molecule has 0 heterocycles. The standard InChI is InChI=1S/C25H26N2O6S/c1-16-9-10-19(13-17(16)2)27-34(30,31)20-11-12-23(18(3)14-20)33-15-24(28)26-22-8-6-5-7-21(22)25(29)32-4/h5-14,27H,15H2,1-4H3,(H,26,28). The second-order valence-corrected chi connectivity index (χ2v) is 9.39. The van der Waals surface area contributed by atoms with Crippen LogP contribution in [0.2, 0.25) is 0 Å². The first-order chi connectivity index (χ1) is 16.1. The van der Waals surface area contributed by atoms with Gasteiger partial charge in [0.05, 0.1) is 23.3 Å². The Morgan fingerprint density at radius 1 is 0.882 bits per heavy atom. The van der Waals surface area contributed by atoms with E-state index in [0.29, 0.717) is 22.7 Å². The summed E-state index contributed by atoms with van der Waals surface area (Å²) in [6, 6.07) is 16.2. The fraction of sp³-hybridized carbons (Fsp3) is 0.200. The summed E-state index contributed by atoms with van der Waals surface area (Å²) in [5, 5.41) is 2.62. The molecule has 0 saturated carbocycles. The summed E-state index contributed by atoms with van der Waals surface area (Å²) in [5.41, 5.74) is 3.60. The van der Waals surface area contributed by atoms with Gasteiger partial charge in [0.25, 0.3) is 15.9 Å². The van der Waals surface area contributed by atoms with Gasteiger partial charge < -0.3 is 14.8 Å². The van der Waals surface area contributed by atoms with Gasteiger partial charge >= 0.3 is 5.97 Å². The van der Waals surface area contributed by atoms with E-state index in [0.717, 1.165) is 11.1 Å². The number of rotatable bonds is 8. The Bertz CT molecular complexity index is 1330. The normalized spacial score (nSPS) is 10.9. The summed E-state index contributed by atoms with van der Waals surface area (Å²) in [7, 11) is -2.54. The molecule has 0 fully saturated rings. The fourth-order valence-corrected chi connectivity index (χ4v) is 4.31. The van der Waals surface area contributed by atoms with Crippen LogP contribution >= 0.6 is 0 Å². The molecule has 0 aliphatic carbocycles. The molecule has 0 bridgehead atoms. The highest BCUT2D eigenvalue weighted by atomic mass is 32.2. The van der Waals surface area contributed by atoms with Crippen molar-refractivity contribution < 1.29 is 27.5 Å². The maximum absolute atomic E-state index is 12.8. The average Bonchev–Trinajstić information content (AvgIpc) is 2.80. The van der Waals surface area contributed by atoms with Crippen molar-refractivity contribution in [2.45, 2.75) is 25.7 Å². The molecule has 0 radical (unpaired) electrons. The van der Waals surface area contributed by atoms with E-state index in [4.69, 9.17) is 9.47 Å². The van der Waals surface area contributed by atoms with Crippen LogP contribution in [-0.4, -0.2) is 34.0 Å². The molecule has 3 aromatic carbocycles. The highest BCUT2D eigenvalue weighted by Crippen LogP contribution is 2.24. The van der Waals surface area contributed by atoms with Gasteiger partial charge in [-0.1, -0.05) is 18.2 Å². The van der Waals surface area contributed by atoms with Gasteiger partial charge in [0.15, 0.2) is 6.61 Å². The fourth-order valence-electron chi connectivity index (χ4n) is 3.18. The summed E-state index contributed by atoms with van der Waals surface area (Å²) in [4.78, 5) is 24.3. The number of sulfonamides is 1. The number of esters is 1. The minimum Gasteiger partial charge on any atom is -0.483 e. The van der Waals surface area contributed by atoms with Gasteiger partial charge in [-0.25, -0.2) is 13.2 Å². The van der Waals surface area contributed by atoms with E-state index < -0.39 is 21.9 Å². The lowest BCUT2D eigenvalue weighted by atomic mass is 10.1. The van der Waals surface area contributed by atoms with Gasteiger partial charge in [-0.05, 0) is 79.9 Å². The molecule has 8 nitrogen and oxygen atoms in total. The monoisotopic (exact) mass is 482 g/mol. The van der Waals surface area contributed by atoms with Crippen molar-refractivity contribution in [3.8, 4) is 5.75 Å². The Labute approximate surface area is 199 Å². The number of hydrogen-bond acceptors (Lipinski definition) is 6. The third-order valence-corrected chi connectivity index (χ3v) is 6.56. The largest absolute Gasteiger partial charge is 0.483 e. The molecule has 0 aliphatic heterocycles. The third-order valence-electron chi connectivity index (χ3n) is 5.18. The first-order valence-electron chi connectivity index (χ1n) is 10.4. The smallest absolute Gasteiger partial charge is 0.339 e. The van der Waals surface area contributed by atoms with Crippen LogP contribution < -0.4 is 14.8 Å². The quantitative estimate of drug-likeness (QED) is 0.465. The highest BCUT2D eigenvalue weighted by molar-refractivity contribution is 7.92. The lowest BCUT2D eigenvalue weighted by molar-refractivity contribution is -0.118. The minimum atomic E-state index is -3.80. The number of aryl methyl sites for hydroxylation is 3. The number of nitrogens with one attached hydrogen (secondary N) is 2. The summed E-state index contributed by atoms with van der Waals surface area (Å²) in [6.07, 6.45) is 0. The number of carbonyl (C=O) groups is 2. The van der Waals surface area contributed by atoms with E-state index in [1.54, 1.807) is 37.3 Å². The molecule has 0 spiro atoms. The van der Waals surface area contributed by atoms with Crippen molar-refractivity contribution in [1.82, 2.24) is 0 Å². The van der Waals surface area contributed by atoms with Crippen molar-refractivity contribution in [2.24, 2.45) is 0 Å². The van der Waals surface area contributed by atoms with Gasteiger partial charge in [0, 0.05) is 5.69 Å². The number of amides is 1. The van der Waals surface area contributed by atoms with E-state index in [-0.39, 0.29) is 17.1 Å². The molecule has 9 heteroatoms. The van der Waals surface area contributed by atoms with E-state index >= 15 is 0 Å². The summed E-state index contributed by atoms with van der Waals surface area (Å²) < 4.78 is 38.4. The van der Waals surface area contributed by atoms with Crippen LogP contribution in [0.4, 0.5) is 11.4 Å². The van der Waals surface area contributed by atoms with E-state index in [9.17, 15) is 18.0 Å². The Hall–Kier alpha value is -3.85. The van der Waals surface area contributed by atoms with Crippen molar-refractivity contribution in [3.05, 3.63) is 82.9 Å². The predicted molar refractivity (Wildman–Crippen MR) is 130 cm³/mol. The van der Waals surface area contributed by atoms with Crippen LogP contribution in [0.15, 0.2) is 65.6 Å². The second kappa shape index (κ2) is 10.4. The van der Waals surface area contributed by atoms with Crippen LogP contribution in [0.5, 0.6) is 5.75 Å². The first kappa shape index (κ1) is 24.8. The molecule has 1 amide bonds. The molecule has 0 saturated heterocycles. The summed E-state index contributed by atoms with van der Waals surface area (Å²) >= 11 is 0. The van der Waals surface area contributed by atoms with Gasteiger partial charge in [-0.2, -0.15) is 0 Å². The topological polar surface area (TPSA) is 111 Å². The average molecular weight is 483 g/mol. The van der Waals surface area contributed by atoms with Crippen molar-refractivity contribution in [1.29, 1.82) is 0 Å². The van der Waals surface area contributed by atoms with Crippen LogP contribution in [0.25, 0.3) is 0 Å². The molecule has 3 aromatic rings. The molecule has 0 aliphatic rings. The Balaban J connectivity index is 1.67. The Kier molecular flexibility index (Phi) is 7.57. The van der Waals surface area contributed by atoms with Crippen molar-refractivity contribution >= 4 is 33.3 Å². The van der Waals surface area contributed by atoms with Gasteiger partial charge in [-0.15, -0.1) is 0 Å². The lowest BCUT2D eigenvalue weighted by Crippen LogP contribution is -2.22. The van der Waals surface area contributed by atoms with E-state index in [2.05, 4.69) is 10.0 Å². The molecule has 2 N–H and O–H groups in total. The molecule has 3 rings (SSSR count).